The molecule has 0 saturated heterocycles. The molecule has 0 saturated carbocycles. The molecule has 140 valence electrons. The van der Waals surface area contributed by atoms with Gasteiger partial charge in [-0.05, 0) is 42.8 Å². The summed E-state index contributed by atoms with van der Waals surface area (Å²) < 4.78 is 13.1. The van der Waals surface area contributed by atoms with Gasteiger partial charge < -0.3 is 24.3 Å². The average Bonchev–Trinajstić information content (AvgIpc) is 3.06. The highest BCUT2D eigenvalue weighted by atomic mass is 16.6. The predicted octanol–water partition coefficient (Wildman–Crippen LogP) is 3.57. The van der Waals surface area contributed by atoms with Gasteiger partial charge in [0.05, 0.1) is 23.4 Å². The maximum absolute atomic E-state index is 12.7. The Hall–Kier alpha value is -3.22. The first-order valence-corrected chi connectivity index (χ1v) is 8.87. The Morgan fingerprint density at radius 3 is 2.78 bits per heavy atom. The van der Waals surface area contributed by atoms with Gasteiger partial charge in [-0.1, -0.05) is 6.07 Å². The number of fused-ring (bicyclic) bond motifs is 2. The molecule has 2 aromatic carbocycles. The number of nitrogens with zero attached hydrogens (tertiary/aromatic N) is 3. The van der Waals surface area contributed by atoms with Gasteiger partial charge in [-0.15, -0.1) is 0 Å². The molecule has 7 nitrogen and oxygen atoms in total. The summed E-state index contributed by atoms with van der Waals surface area (Å²) in [6.45, 7) is 3.08. The van der Waals surface area contributed by atoms with E-state index >= 15 is 0 Å². The Balaban J connectivity index is 1.49. The van der Waals surface area contributed by atoms with E-state index < -0.39 is 0 Å². The summed E-state index contributed by atoms with van der Waals surface area (Å²) in [5.74, 6) is 1.47. The van der Waals surface area contributed by atoms with Crippen molar-refractivity contribution < 1.29 is 14.3 Å². The summed E-state index contributed by atoms with van der Waals surface area (Å²) >= 11 is 0. The van der Waals surface area contributed by atoms with Crippen LogP contribution in [0.1, 0.15) is 18.5 Å². The first-order chi connectivity index (χ1) is 13.0. The van der Waals surface area contributed by atoms with Crippen molar-refractivity contribution in [1.29, 1.82) is 0 Å². The summed E-state index contributed by atoms with van der Waals surface area (Å²) in [4.78, 5) is 18.7. The number of amides is 2. The highest BCUT2D eigenvalue weighted by Gasteiger charge is 2.20. The topological polar surface area (TPSA) is 68.6 Å². The van der Waals surface area contributed by atoms with Gasteiger partial charge in [0.1, 0.15) is 13.2 Å². The number of hydrogen-bond acceptors (Lipinski definition) is 4. The van der Waals surface area contributed by atoms with Crippen LogP contribution in [0.2, 0.25) is 0 Å². The lowest BCUT2D eigenvalue weighted by molar-refractivity contribution is 0.170. The number of urea groups is 1. The number of anilines is 1. The first-order valence-electron chi connectivity index (χ1n) is 8.87. The summed E-state index contributed by atoms with van der Waals surface area (Å²) in [6, 6.07) is 11.2. The van der Waals surface area contributed by atoms with Gasteiger partial charge in [0.15, 0.2) is 11.5 Å². The molecule has 0 spiro atoms. The van der Waals surface area contributed by atoms with E-state index in [4.69, 9.17) is 9.47 Å². The van der Waals surface area contributed by atoms with Gasteiger partial charge in [0, 0.05) is 19.8 Å². The fourth-order valence-corrected chi connectivity index (χ4v) is 3.13. The Morgan fingerprint density at radius 2 is 1.96 bits per heavy atom. The van der Waals surface area contributed by atoms with Crippen molar-refractivity contribution in [1.82, 2.24) is 14.5 Å². The number of ether oxygens (including phenoxy) is 2. The third kappa shape index (κ3) is 3.28. The van der Waals surface area contributed by atoms with Gasteiger partial charge in [-0.3, -0.25) is 0 Å². The van der Waals surface area contributed by atoms with Crippen molar-refractivity contribution in [3.05, 3.63) is 48.3 Å². The number of aryl methyl sites for hydroxylation is 1. The molecule has 0 radical (unpaired) electrons. The quantitative estimate of drug-likeness (QED) is 0.769. The predicted molar refractivity (Wildman–Crippen MR) is 103 cm³/mol. The van der Waals surface area contributed by atoms with E-state index in [0.29, 0.717) is 13.2 Å². The molecular weight excluding hydrogens is 344 g/mol. The smallest absolute Gasteiger partial charge is 0.322 e. The summed E-state index contributed by atoms with van der Waals surface area (Å²) in [7, 11) is 3.70. The highest BCUT2D eigenvalue weighted by molar-refractivity contribution is 5.92. The van der Waals surface area contributed by atoms with Crippen molar-refractivity contribution >= 4 is 22.8 Å². The van der Waals surface area contributed by atoms with Crippen LogP contribution in [0.4, 0.5) is 10.5 Å². The van der Waals surface area contributed by atoms with Gasteiger partial charge >= 0.3 is 6.03 Å². The third-order valence-electron chi connectivity index (χ3n) is 4.93. The molecule has 0 aliphatic carbocycles. The number of imidazole rings is 1. The zero-order valence-electron chi connectivity index (χ0n) is 15.6. The molecule has 2 heterocycles. The normalized spacial score (nSPS) is 14.0. The molecule has 0 unspecified atom stereocenters. The van der Waals surface area contributed by atoms with Crippen LogP contribution in [0.5, 0.6) is 11.5 Å². The molecule has 1 aliphatic rings. The standard InChI is InChI=1S/C20H22N4O3/c1-13(14-4-7-18-19(10-14)27-9-8-26-18)24(3)20(25)22-15-5-6-16-17(11-15)23(2)12-21-16/h4-7,10-13H,8-9H2,1-3H3,(H,22,25)/t13-/m1/s1. The van der Waals surface area contributed by atoms with Crippen LogP contribution in [0.3, 0.4) is 0 Å². The zero-order chi connectivity index (χ0) is 19.0. The van der Waals surface area contributed by atoms with E-state index in [-0.39, 0.29) is 12.1 Å². The van der Waals surface area contributed by atoms with Crippen LogP contribution in [-0.4, -0.2) is 40.7 Å². The number of aromatic nitrogens is 2. The second-order valence-electron chi connectivity index (χ2n) is 6.68. The lowest BCUT2D eigenvalue weighted by Crippen LogP contribution is -2.33. The SMILES string of the molecule is C[C@H](c1ccc2c(c1)OCCO2)N(C)C(=O)Nc1ccc2ncn(C)c2c1. The Labute approximate surface area is 157 Å². The fraction of sp³-hybridized carbons (Fsp3) is 0.300. The highest BCUT2D eigenvalue weighted by Crippen LogP contribution is 2.33. The second-order valence-corrected chi connectivity index (χ2v) is 6.68. The molecular formula is C20H22N4O3. The monoisotopic (exact) mass is 366 g/mol. The van der Waals surface area contributed by atoms with Crippen molar-refractivity contribution in [3.63, 3.8) is 0 Å². The van der Waals surface area contributed by atoms with Crippen molar-refractivity contribution in [2.24, 2.45) is 7.05 Å². The molecule has 1 aromatic heterocycles. The summed E-state index contributed by atoms with van der Waals surface area (Å²) in [5, 5.41) is 2.95. The largest absolute Gasteiger partial charge is 0.486 e. The van der Waals surface area contributed by atoms with Crippen molar-refractivity contribution in [2.75, 3.05) is 25.6 Å². The van der Waals surface area contributed by atoms with Crippen LogP contribution in [0.15, 0.2) is 42.7 Å². The minimum absolute atomic E-state index is 0.124. The van der Waals surface area contributed by atoms with Crippen LogP contribution < -0.4 is 14.8 Å². The number of benzene rings is 2. The van der Waals surface area contributed by atoms with Crippen molar-refractivity contribution in [2.45, 2.75) is 13.0 Å². The number of rotatable bonds is 3. The molecule has 3 aromatic rings. The number of hydrogen-bond donors (Lipinski definition) is 1. The average molecular weight is 366 g/mol. The molecule has 0 bridgehead atoms. The van der Waals surface area contributed by atoms with Crippen LogP contribution >= 0.6 is 0 Å². The summed E-state index contributed by atoms with van der Waals surface area (Å²) in [6.07, 6.45) is 1.76. The summed E-state index contributed by atoms with van der Waals surface area (Å²) in [5.41, 5.74) is 3.58. The minimum Gasteiger partial charge on any atom is -0.486 e. The lowest BCUT2D eigenvalue weighted by Gasteiger charge is -2.27. The zero-order valence-corrected chi connectivity index (χ0v) is 15.6. The van der Waals surface area contributed by atoms with E-state index in [1.165, 1.54) is 0 Å². The lowest BCUT2D eigenvalue weighted by atomic mass is 10.1. The molecule has 2 amide bonds. The van der Waals surface area contributed by atoms with E-state index in [0.717, 1.165) is 33.8 Å². The molecule has 4 rings (SSSR count). The molecule has 1 atom stereocenters. The minimum atomic E-state index is -0.182. The second kappa shape index (κ2) is 6.83. The van der Waals surface area contributed by atoms with Gasteiger partial charge in [0.25, 0.3) is 0 Å². The van der Waals surface area contributed by atoms with Crippen LogP contribution in [0, 0.1) is 0 Å². The van der Waals surface area contributed by atoms with E-state index in [1.54, 1.807) is 18.3 Å². The Morgan fingerprint density at radius 1 is 1.19 bits per heavy atom. The maximum Gasteiger partial charge on any atom is 0.322 e. The van der Waals surface area contributed by atoms with Gasteiger partial charge in [0.2, 0.25) is 0 Å². The van der Waals surface area contributed by atoms with E-state index in [1.807, 2.05) is 54.9 Å². The molecule has 1 N–H and O–H groups in total. The van der Waals surface area contributed by atoms with E-state index in [9.17, 15) is 4.79 Å². The molecule has 0 fully saturated rings. The molecule has 27 heavy (non-hydrogen) atoms. The fourth-order valence-electron chi connectivity index (χ4n) is 3.13. The molecule has 1 aliphatic heterocycles. The van der Waals surface area contributed by atoms with Crippen molar-refractivity contribution in [3.8, 4) is 11.5 Å². The number of carbonyl (C=O) groups is 1. The number of nitrogens with one attached hydrogen (secondary N) is 1. The first kappa shape index (κ1) is 17.2. The van der Waals surface area contributed by atoms with E-state index in [2.05, 4.69) is 10.3 Å². The molecule has 7 heteroatoms. The van der Waals surface area contributed by atoms with Gasteiger partial charge in [-0.25, -0.2) is 9.78 Å². The van der Waals surface area contributed by atoms with Gasteiger partial charge in [-0.2, -0.15) is 0 Å². The maximum atomic E-state index is 12.7. The van der Waals surface area contributed by atoms with Crippen LogP contribution in [0.25, 0.3) is 11.0 Å². The Kier molecular flexibility index (Phi) is 4.35. The third-order valence-corrected chi connectivity index (χ3v) is 4.93. The Bertz CT molecular complexity index is 998. The van der Waals surface area contributed by atoms with Crippen LogP contribution in [-0.2, 0) is 7.05 Å². The number of carbonyl (C=O) groups excluding carboxylic acids is 1.